The van der Waals surface area contributed by atoms with Gasteiger partial charge < -0.3 is 15.0 Å². The summed E-state index contributed by atoms with van der Waals surface area (Å²) in [5, 5.41) is 17.7. The minimum Gasteiger partial charge on any atom is -0.547 e. The van der Waals surface area contributed by atoms with Gasteiger partial charge in [-0.05, 0) is 6.92 Å². The number of carboxylic acid groups (broad SMARTS) is 1. The van der Waals surface area contributed by atoms with Gasteiger partial charge in [0.2, 0.25) is 0 Å². The molecular weight excluding hydrogens is 153 g/mol. The Bertz CT molecular complexity index is 148. The van der Waals surface area contributed by atoms with E-state index in [1.807, 2.05) is 0 Å². The van der Waals surface area contributed by atoms with E-state index in [9.17, 15) is 23.1 Å². The van der Waals surface area contributed by atoms with E-state index in [2.05, 4.69) is 0 Å². The largest absolute Gasteiger partial charge is 0.547 e. The normalized spacial score (nSPS) is 18.1. The van der Waals surface area contributed by atoms with Gasteiger partial charge in [-0.2, -0.15) is 13.2 Å². The van der Waals surface area contributed by atoms with Crippen LogP contribution in [0.4, 0.5) is 13.2 Å². The van der Waals surface area contributed by atoms with Crippen molar-refractivity contribution in [3.8, 4) is 0 Å². The summed E-state index contributed by atoms with van der Waals surface area (Å²) in [5.41, 5.74) is -3.76. The van der Waals surface area contributed by atoms with Crippen LogP contribution >= 0.6 is 0 Å². The average Bonchev–Trinajstić information content (AvgIpc) is 1.62. The fraction of sp³-hybridized carbons (Fsp3) is 0.750. The first kappa shape index (κ1) is 9.22. The maximum absolute atomic E-state index is 11.4. The van der Waals surface area contributed by atoms with Crippen molar-refractivity contribution in [2.75, 3.05) is 0 Å². The molecule has 0 saturated carbocycles. The van der Waals surface area contributed by atoms with Gasteiger partial charge >= 0.3 is 6.18 Å². The summed E-state index contributed by atoms with van der Waals surface area (Å²) in [6, 6.07) is 0. The monoisotopic (exact) mass is 157 g/mol. The van der Waals surface area contributed by atoms with E-state index in [4.69, 9.17) is 5.11 Å². The molecular formula is C4H4F3O3-. The molecule has 0 bridgehead atoms. The molecule has 0 unspecified atom stereocenters. The standard InChI is InChI=1S/C4H5F3O3/c1-3(10,2(8)9)4(5,6)7/h10H,1H3,(H,8,9)/p-1/t3-/m0/s1. The highest BCUT2D eigenvalue weighted by atomic mass is 19.4. The van der Waals surface area contributed by atoms with Crippen molar-refractivity contribution in [1.29, 1.82) is 0 Å². The number of carboxylic acids is 1. The van der Waals surface area contributed by atoms with E-state index >= 15 is 0 Å². The summed E-state index contributed by atoms with van der Waals surface area (Å²) in [6.07, 6.45) is -5.19. The predicted octanol–water partition coefficient (Wildman–Crippen LogP) is -0.950. The number of halogens is 3. The Morgan fingerprint density at radius 2 is 1.80 bits per heavy atom. The Morgan fingerprint density at radius 1 is 1.50 bits per heavy atom. The van der Waals surface area contributed by atoms with Crippen LogP contribution in [0.3, 0.4) is 0 Å². The Kier molecular flexibility index (Phi) is 1.95. The van der Waals surface area contributed by atoms with Gasteiger partial charge in [0.1, 0.15) is 0 Å². The van der Waals surface area contributed by atoms with E-state index in [1.54, 1.807) is 0 Å². The van der Waals surface area contributed by atoms with Crippen molar-refractivity contribution >= 4 is 5.97 Å². The average molecular weight is 157 g/mol. The maximum atomic E-state index is 11.4. The number of rotatable bonds is 1. The number of aliphatic carboxylic acids is 1. The molecule has 60 valence electrons. The minimum absolute atomic E-state index is 0.113. The third-order valence-electron chi connectivity index (χ3n) is 0.949. The van der Waals surface area contributed by atoms with Crippen molar-refractivity contribution in [1.82, 2.24) is 0 Å². The molecule has 0 saturated heterocycles. The van der Waals surface area contributed by atoms with Gasteiger partial charge in [-0.15, -0.1) is 0 Å². The molecule has 0 aromatic heterocycles. The van der Waals surface area contributed by atoms with Gasteiger partial charge in [-0.25, -0.2) is 0 Å². The van der Waals surface area contributed by atoms with Gasteiger partial charge in [-0.1, -0.05) is 0 Å². The van der Waals surface area contributed by atoms with Crippen LogP contribution in [0.25, 0.3) is 0 Å². The zero-order valence-corrected chi connectivity index (χ0v) is 4.90. The number of alkyl halides is 3. The van der Waals surface area contributed by atoms with Crippen molar-refractivity contribution in [2.45, 2.75) is 18.7 Å². The quantitative estimate of drug-likeness (QED) is 0.533. The summed E-state index contributed by atoms with van der Waals surface area (Å²) in [6.45, 7) is 0.113. The lowest BCUT2D eigenvalue weighted by Gasteiger charge is -2.26. The van der Waals surface area contributed by atoms with Crippen molar-refractivity contribution < 1.29 is 28.2 Å². The van der Waals surface area contributed by atoms with Crippen LogP contribution in [0.5, 0.6) is 0 Å². The first-order valence-corrected chi connectivity index (χ1v) is 2.20. The van der Waals surface area contributed by atoms with Crippen LogP contribution in [0, 0.1) is 0 Å². The second-order valence-electron chi connectivity index (χ2n) is 1.86. The summed E-state index contributed by atoms with van der Waals surface area (Å²) >= 11 is 0. The van der Waals surface area contributed by atoms with Gasteiger partial charge in [-0.3, -0.25) is 0 Å². The van der Waals surface area contributed by atoms with Gasteiger partial charge in [0.25, 0.3) is 0 Å². The second-order valence-corrected chi connectivity index (χ2v) is 1.86. The Labute approximate surface area is 54.1 Å². The minimum atomic E-state index is -5.19. The number of carbonyl (C=O) groups excluding carboxylic acids is 1. The molecule has 10 heavy (non-hydrogen) atoms. The first-order chi connectivity index (χ1) is 4.19. The molecule has 0 fully saturated rings. The van der Waals surface area contributed by atoms with E-state index in [0.717, 1.165) is 0 Å². The third kappa shape index (κ3) is 1.38. The molecule has 0 aliphatic carbocycles. The first-order valence-electron chi connectivity index (χ1n) is 2.20. The van der Waals surface area contributed by atoms with Gasteiger partial charge in [0, 0.05) is 0 Å². The highest BCUT2D eigenvalue weighted by Crippen LogP contribution is 2.28. The zero-order chi connectivity index (χ0) is 8.58. The molecule has 1 N–H and O–H groups in total. The van der Waals surface area contributed by atoms with Crippen LogP contribution in [-0.2, 0) is 4.79 Å². The SMILES string of the molecule is C[C@](O)(C(=O)[O-])C(F)(F)F. The van der Waals surface area contributed by atoms with Gasteiger partial charge in [0.05, 0.1) is 5.97 Å². The molecule has 0 radical (unpaired) electrons. The lowest BCUT2D eigenvalue weighted by atomic mass is 10.1. The highest BCUT2D eigenvalue weighted by Gasteiger charge is 2.51. The second kappa shape index (κ2) is 2.12. The molecule has 6 heteroatoms. The molecule has 0 heterocycles. The number of carbonyl (C=O) groups is 1. The van der Waals surface area contributed by atoms with Crippen LogP contribution in [0.15, 0.2) is 0 Å². The molecule has 0 aliphatic rings. The molecule has 0 aromatic carbocycles. The molecule has 0 aliphatic heterocycles. The van der Waals surface area contributed by atoms with Crippen molar-refractivity contribution in [3.05, 3.63) is 0 Å². The van der Waals surface area contributed by atoms with Crippen LogP contribution in [0.1, 0.15) is 6.92 Å². The van der Waals surface area contributed by atoms with Crippen LogP contribution < -0.4 is 5.11 Å². The number of hydrogen-bond donors (Lipinski definition) is 1. The summed E-state index contributed by atoms with van der Waals surface area (Å²) < 4.78 is 34.2. The van der Waals surface area contributed by atoms with E-state index in [1.165, 1.54) is 0 Å². The summed E-state index contributed by atoms with van der Waals surface area (Å²) in [7, 11) is 0. The highest BCUT2D eigenvalue weighted by molar-refractivity contribution is 5.75. The number of aliphatic hydroxyl groups is 1. The molecule has 3 nitrogen and oxygen atoms in total. The third-order valence-corrected chi connectivity index (χ3v) is 0.949. The fourth-order valence-electron chi connectivity index (χ4n) is 0.116. The van der Waals surface area contributed by atoms with E-state index in [0.29, 0.717) is 0 Å². The van der Waals surface area contributed by atoms with Crippen LogP contribution in [-0.4, -0.2) is 22.9 Å². The molecule has 0 amide bonds. The molecule has 0 rings (SSSR count). The Balaban J connectivity index is 4.57. The lowest BCUT2D eigenvalue weighted by molar-refractivity contribution is -0.351. The van der Waals surface area contributed by atoms with E-state index in [-0.39, 0.29) is 6.92 Å². The smallest absolute Gasteiger partial charge is 0.422 e. The topological polar surface area (TPSA) is 60.4 Å². The summed E-state index contributed by atoms with van der Waals surface area (Å²) in [4.78, 5) is 9.59. The van der Waals surface area contributed by atoms with Gasteiger partial charge in [0.15, 0.2) is 5.60 Å². The van der Waals surface area contributed by atoms with Crippen molar-refractivity contribution in [3.63, 3.8) is 0 Å². The maximum Gasteiger partial charge on any atom is 0.422 e. The predicted molar refractivity (Wildman–Crippen MR) is 21.7 cm³/mol. The van der Waals surface area contributed by atoms with Crippen molar-refractivity contribution in [2.24, 2.45) is 0 Å². The zero-order valence-electron chi connectivity index (χ0n) is 4.90. The fourth-order valence-corrected chi connectivity index (χ4v) is 0.116. The van der Waals surface area contributed by atoms with Crippen LogP contribution in [0.2, 0.25) is 0 Å². The Morgan fingerprint density at radius 3 is 1.80 bits per heavy atom. The molecule has 0 spiro atoms. The molecule has 0 aromatic rings. The Hall–Kier alpha value is -0.780. The lowest BCUT2D eigenvalue weighted by Crippen LogP contribution is -2.56. The van der Waals surface area contributed by atoms with E-state index < -0.39 is 17.7 Å². The molecule has 1 atom stereocenters. The summed E-state index contributed by atoms with van der Waals surface area (Å²) in [5.74, 6) is -2.56. The number of hydrogen-bond acceptors (Lipinski definition) is 3.